The minimum Gasteiger partial charge on any atom is -0.454 e. The second-order valence-corrected chi connectivity index (χ2v) is 5.75. The lowest BCUT2D eigenvalue weighted by Crippen LogP contribution is -2.38. The average Bonchev–Trinajstić information content (AvgIpc) is 3.14. The fraction of sp³-hybridized carbons (Fsp3) is 0.368. The summed E-state index contributed by atoms with van der Waals surface area (Å²) in [6.07, 6.45) is 0.982. The summed E-state index contributed by atoms with van der Waals surface area (Å²) in [6.45, 7) is 5.32. The average molecular weight is 357 g/mol. The topological polar surface area (TPSA) is 95.9 Å². The number of furan rings is 1. The Bertz CT molecular complexity index is 712. The minimum absolute atomic E-state index is 0.158. The number of benzene rings is 1. The summed E-state index contributed by atoms with van der Waals surface area (Å²) in [5.41, 5.74) is 6.41. The van der Waals surface area contributed by atoms with Gasteiger partial charge >= 0.3 is 0 Å². The van der Waals surface area contributed by atoms with E-state index >= 15 is 0 Å². The van der Waals surface area contributed by atoms with Gasteiger partial charge in [0.05, 0.1) is 6.54 Å². The van der Waals surface area contributed by atoms with Gasteiger partial charge in [-0.3, -0.25) is 9.79 Å². The molecule has 0 atom stereocenters. The van der Waals surface area contributed by atoms with Crippen molar-refractivity contribution in [2.24, 2.45) is 10.7 Å². The van der Waals surface area contributed by atoms with Gasteiger partial charge in [0.1, 0.15) is 5.76 Å². The number of para-hydroxylation sites is 1. The van der Waals surface area contributed by atoms with Crippen molar-refractivity contribution in [3.8, 4) is 0 Å². The molecule has 26 heavy (non-hydrogen) atoms. The van der Waals surface area contributed by atoms with Gasteiger partial charge in [-0.15, -0.1) is 0 Å². The molecule has 1 aromatic heterocycles. The number of hydrogen-bond acceptors (Lipinski definition) is 4. The van der Waals surface area contributed by atoms with Crippen LogP contribution in [0, 0.1) is 0 Å². The number of anilines is 1. The minimum atomic E-state index is -0.572. The molecule has 0 fully saturated rings. The molecule has 0 spiro atoms. The molecule has 1 aromatic carbocycles. The lowest BCUT2D eigenvalue weighted by atomic mass is 10.2. The Kier molecular flexibility index (Phi) is 7.54. The van der Waals surface area contributed by atoms with E-state index in [-0.39, 0.29) is 5.76 Å². The van der Waals surface area contributed by atoms with Crippen LogP contribution in [0.5, 0.6) is 0 Å². The summed E-state index contributed by atoms with van der Waals surface area (Å²) in [5.74, 6) is 0.899. The van der Waals surface area contributed by atoms with Crippen molar-refractivity contribution in [2.75, 3.05) is 31.6 Å². The molecule has 0 aliphatic rings. The highest BCUT2D eigenvalue weighted by molar-refractivity contribution is 5.89. The monoisotopic (exact) mass is 357 g/mol. The van der Waals surface area contributed by atoms with Crippen molar-refractivity contribution in [1.82, 2.24) is 10.6 Å². The molecule has 140 valence electrons. The van der Waals surface area contributed by atoms with E-state index in [1.165, 1.54) is 5.69 Å². The molecule has 0 aliphatic heterocycles. The van der Waals surface area contributed by atoms with E-state index in [0.717, 1.165) is 26.1 Å². The molecule has 2 rings (SSSR count). The summed E-state index contributed by atoms with van der Waals surface area (Å²) in [5, 5.41) is 6.43. The van der Waals surface area contributed by atoms with Crippen LogP contribution in [0.25, 0.3) is 0 Å². The number of guanidine groups is 1. The number of nitrogens with zero attached hydrogens (tertiary/aromatic N) is 2. The smallest absolute Gasteiger partial charge is 0.284 e. The molecule has 0 saturated heterocycles. The fourth-order valence-corrected chi connectivity index (χ4v) is 2.58. The molecule has 1 heterocycles. The molecule has 0 bridgehead atoms. The third kappa shape index (κ3) is 5.84. The highest BCUT2D eigenvalue weighted by atomic mass is 16.3. The Morgan fingerprint density at radius 1 is 1.19 bits per heavy atom. The predicted molar refractivity (Wildman–Crippen MR) is 104 cm³/mol. The lowest BCUT2D eigenvalue weighted by molar-refractivity contribution is 0.0972. The van der Waals surface area contributed by atoms with Crippen LogP contribution in [0.2, 0.25) is 0 Å². The quantitative estimate of drug-likeness (QED) is 0.362. The van der Waals surface area contributed by atoms with Gasteiger partial charge in [-0.05, 0) is 37.6 Å². The Hall–Kier alpha value is -2.96. The number of nitrogens with one attached hydrogen (secondary N) is 2. The first-order valence-electron chi connectivity index (χ1n) is 8.77. The number of rotatable bonds is 9. The molecular formula is C19H27N5O2. The molecule has 0 saturated carbocycles. The molecule has 7 nitrogen and oxygen atoms in total. The van der Waals surface area contributed by atoms with Crippen molar-refractivity contribution >= 4 is 17.6 Å². The lowest BCUT2D eigenvalue weighted by Gasteiger charge is -2.23. The van der Waals surface area contributed by atoms with E-state index < -0.39 is 5.91 Å². The van der Waals surface area contributed by atoms with Gasteiger partial charge in [0.2, 0.25) is 0 Å². The van der Waals surface area contributed by atoms with Gasteiger partial charge in [-0.25, -0.2) is 0 Å². The fourth-order valence-electron chi connectivity index (χ4n) is 2.58. The summed E-state index contributed by atoms with van der Waals surface area (Å²) in [4.78, 5) is 17.6. The van der Waals surface area contributed by atoms with Crippen LogP contribution in [0.1, 0.15) is 29.7 Å². The van der Waals surface area contributed by atoms with Gasteiger partial charge in [-0.2, -0.15) is 0 Å². The normalized spacial score (nSPS) is 11.2. The number of nitrogens with two attached hydrogens (primary N) is 1. The van der Waals surface area contributed by atoms with Crippen LogP contribution < -0.4 is 21.3 Å². The highest BCUT2D eigenvalue weighted by Gasteiger charge is 2.08. The van der Waals surface area contributed by atoms with Crippen molar-refractivity contribution in [3.05, 3.63) is 54.0 Å². The van der Waals surface area contributed by atoms with Gasteiger partial charge in [0.25, 0.3) is 5.91 Å². The zero-order valence-corrected chi connectivity index (χ0v) is 15.4. The van der Waals surface area contributed by atoms with E-state index in [4.69, 9.17) is 10.2 Å². The molecule has 0 unspecified atom stereocenters. The van der Waals surface area contributed by atoms with Gasteiger partial charge in [-0.1, -0.05) is 18.2 Å². The third-order valence-electron chi connectivity index (χ3n) is 3.96. The summed E-state index contributed by atoms with van der Waals surface area (Å²) >= 11 is 0. The zero-order chi connectivity index (χ0) is 18.8. The molecular weight excluding hydrogens is 330 g/mol. The number of carbonyl (C=O) groups is 1. The van der Waals surface area contributed by atoms with Crippen LogP contribution in [0.15, 0.2) is 51.9 Å². The largest absolute Gasteiger partial charge is 0.454 e. The molecule has 2 aromatic rings. The molecule has 4 N–H and O–H groups in total. The van der Waals surface area contributed by atoms with E-state index in [9.17, 15) is 4.79 Å². The number of amides is 1. The van der Waals surface area contributed by atoms with Crippen LogP contribution >= 0.6 is 0 Å². The SMILES string of the molecule is CCN(CCCNC(=NC)NCc1ccc(C(N)=O)o1)c1ccccc1. The predicted octanol–water partition coefficient (Wildman–Crippen LogP) is 1.96. The van der Waals surface area contributed by atoms with Crippen LogP contribution in [-0.4, -0.2) is 38.5 Å². The maximum absolute atomic E-state index is 11.0. The first-order valence-corrected chi connectivity index (χ1v) is 8.77. The van der Waals surface area contributed by atoms with Crippen molar-refractivity contribution in [3.63, 3.8) is 0 Å². The second kappa shape index (κ2) is 10.1. The first-order chi connectivity index (χ1) is 12.6. The highest BCUT2D eigenvalue weighted by Crippen LogP contribution is 2.12. The standard InChI is InChI=1S/C19H27N5O2/c1-3-24(15-8-5-4-6-9-15)13-7-12-22-19(21-2)23-14-16-10-11-17(26-16)18(20)25/h4-6,8-11H,3,7,12-14H2,1-2H3,(H2,20,25)(H2,21,22,23). The molecule has 7 heteroatoms. The van der Waals surface area contributed by atoms with Crippen molar-refractivity contribution in [1.29, 1.82) is 0 Å². The van der Waals surface area contributed by atoms with Crippen molar-refractivity contribution in [2.45, 2.75) is 19.9 Å². The molecule has 0 radical (unpaired) electrons. The summed E-state index contributed by atoms with van der Waals surface area (Å²) in [7, 11) is 1.72. The number of hydrogen-bond donors (Lipinski definition) is 3. The van der Waals surface area contributed by atoms with Crippen LogP contribution in [0.4, 0.5) is 5.69 Å². The van der Waals surface area contributed by atoms with E-state index in [0.29, 0.717) is 18.3 Å². The third-order valence-corrected chi connectivity index (χ3v) is 3.96. The van der Waals surface area contributed by atoms with Crippen LogP contribution in [-0.2, 0) is 6.54 Å². The number of primary amides is 1. The van der Waals surface area contributed by atoms with E-state index in [1.807, 2.05) is 6.07 Å². The van der Waals surface area contributed by atoms with Crippen LogP contribution in [0.3, 0.4) is 0 Å². The Labute approximate surface area is 154 Å². The van der Waals surface area contributed by atoms with Gasteiger partial charge < -0.3 is 25.7 Å². The van der Waals surface area contributed by atoms with Gasteiger partial charge in [0, 0.05) is 32.4 Å². The molecule has 0 aliphatic carbocycles. The van der Waals surface area contributed by atoms with Gasteiger partial charge in [0.15, 0.2) is 11.7 Å². The Morgan fingerprint density at radius 3 is 2.58 bits per heavy atom. The summed E-state index contributed by atoms with van der Waals surface area (Å²) < 4.78 is 5.33. The molecule has 1 amide bonds. The second-order valence-electron chi connectivity index (χ2n) is 5.75. The Morgan fingerprint density at radius 2 is 1.96 bits per heavy atom. The summed E-state index contributed by atoms with van der Waals surface area (Å²) in [6, 6.07) is 13.7. The number of carbonyl (C=O) groups excluding carboxylic acids is 1. The van der Waals surface area contributed by atoms with E-state index in [1.54, 1.807) is 19.2 Å². The number of aliphatic imine (C=N–C) groups is 1. The zero-order valence-electron chi connectivity index (χ0n) is 15.4. The van der Waals surface area contributed by atoms with Crippen molar-refractivity contribution < 1.29 is 9.21 Å². The first kappa shape index (κ1) is 19.4. The Balaban J connectivity index is 1.72. The maximum Gasteiger partial charge on any atom is 0.284 e. The van der Waals surface area contributed by atoms with E-state index in [2.05, 4.69) is 51.7 Å². The maximum atomic E-state index is 11.0.